The smallest absolute Gasteiger partial charge is 0.329 e. The summed E-state index contributed by atoms with van der Waals surface area (Å²) in [4.78, 5) is 39.0. The van der Waals surface area contributed by atoms with Crippen LogP contribution in [0, 0.1) is 3.57 Å². The van der Waals surface area contributed by atoms with E-state index in [0.29, 0.717) is 35.1 Å². The predicted octanol–water partition coefficient (Wildman–Crippen LogP) is 5.57. The first-order chi connectivity index (χ1) is 19.9. The van der Waals surface area contributed by atoms with Crippen LogP contribution in [0.1, 0.15) is 11.1 Å². The maximum Gasteiger partial charge on any atom is 0.329 e. The largest absolute Gasteiger partial charge is 0.495 e. The first-order valence-electron chi connectivity index (χ1n) is 12.6. The second kappa shape index (κ2) is 12.3. The molecule has 1 aliphatic rings. The number of ether oxygens (including phenoxy) is 3. The third-order valence-corrected chi connectivity index (χ3v) is 7.21. The van der Waals surface area contributed by atoms with Crippen molar-refractivity contribution in [1.82, 2.24) is 10.2 Å². The maximum absolute atomic E-state index is 13.0. The Hall–Kier alpha value is -4.58. The molecule has 208 valence electrons. The van der Waals surface area contributed by atoms with Crippen LogP contribution in [0.5, 0.6) is 17.2 Å². The number of urea groups is 1. The number of carbonyl (C=O) groups is 3. The van der Waals surface area contributed by atoms with Gasteiger partial charge in [-0.1, -0.05) is 48.5 Å². The van der Waals surface area contributed by atoms with Gasteiger partial charge in [-0.2, -0.15) is 0 Å². The van der Waals surface area contributed by atoms with E-state index in [4.69, 9.17) is 14.2 Å². The summed E-state index contributed by atoms with van der Waals surface area (Å²) in [6.45, 7) is -0.111. The lowest BCUT2D eigenvalue weighted by molar-refractivity contribution is -0.127. The van der Waals surface area contributed by atoms with Gasteiger partial charge in [-0.15, -0.1) is 0 Å². The fourth-order valence-electron chi connectivity index (χ4n) is 4.41. The second-order valence-electron chi connectivity index (χ2n) is 9.13. The summed E-state index contributed by atoms with van der Waals surface area (Å²) in [5.74, 6) is 0.361. The van der Waals surface area contributed by atoms with Crippen LogP contribution in [0.3, 0.4) is 0 Å². The minimum Gasteiger partial charge on any atom is -0.495 e. The lowest BCUT2D eigenvalue weighted by Crippen LogP contribution is -2.38. The summed E-state index contributed by atoms with van der Waals surface area (Å²) < 4.78 is 17.7. The van der Waals surface area contributed by atoms with Crippen molar-refractivity contribution >= 4 is 63.0 Å². The first kappa shape index (κ1) is 28.0. The molecule has 1 saturated heterocycles. The minimum absolute atomic E-state index is 0.0442. The number of methoxy groups -OCH3 is 2. The molecule has 0 aliphatic carbocycles. The van der Waals surface area contributed by atoms with E-state index in [2.05, 4.69) is 57.5 Å². The van der Waals surface area contributed by atoms with Gasteiger partial charge in [-0.25, -0.2) is 9.69 Å². The van der Waals surface area contributed by atoms with Crippen LogP contribution >= 0.6 is 22.6 Å². The van der Waals surface area contributed by atoms with Crippen molar-refractivity contribution in [3.8, 4) is 17.2 Å². The lowest BCUT2D eigenvalue weighted by atomic mass is 10.1. The highest BCUT2D eigenvalue weighted by Crippen LogP contribution is 2.35. The molecule has 0 unspecified atom stereocenters. The highest BCUT2D eigenvalue weighted by Gasteiger charge is 2.35. The molecular formula is C31H26IN3O6. The van der Waals surface area contributed by atoms with Crippen molar-refractivity contribution in [2.75, 3.05) is 26.1 Å². The molecule has 4 amide bonds. The molecule has 1 heterocycles. The van der Waals surface area contributed by atoms with E-state index in [-0.39, 0.29) is 5.70 Å². The molecule has 41 heavy (non-hydrogen) atoms. The van der Waals surface area contributed by atoms with Crippen LogP contribution in [0.4, 0.5) is 10.5 Å². The molecule has 10 heteroatoms. The molecule has 0 saturated carbocycles. The van der Waals surface area contributed by atoms with Gasteiger partial charge in [0.2, 0.25) is 5.91 Å². The monoisotopic (exact) mass is 663 g/mol. The number of hydrogen-bond donors (Lipinski definition) is 2. The van der Waals surface area contributed by atoms with E-state index < -0.39 is 24.4 Å². The average Bonchev–Trinajstić information content (AvgIpc) is 3.23. The van der Waals surface area contributed by atoms with Crippen molar-refractivity contribution in [2.45, 2.75) is 6.61 Å². The number of carbonyl (C=O) groups excluding carboxylic acids is 3. The number of para-hydroxylation sites is 2. The number of nitrogens with zero attached hydrogens (tertiary/aromatic N) is 1. The number of nitrogens with one attached hydrogen (secondary N) is 2. The molecule has 1 fully saturated rings. The number of benzene rings is 4. The van der Waals surface area contributed by atoms with E-state index in [9.17, 15) is 14.4 Å². The Morgan fingerprint density at radius 3 is 2.44 bits per heavy atom. The van der Waals surface area contributed by atoms with Crippen LogP contribution in [-0.4, -0.2) is 43.5 Å². The van der Waals surface area contributed by atoms with Crippen molar-refractivity contribution in [2.24, 2.45) is 0 Å². The number of halogens is 1. The molecule has 0 radical (unpaired) electrons. The summed E-state index contributed by atoms with van der Waals surface area (Å²) in [6.07, 6.45) is 1.54. The Labute approximate surface area is 250 Å². The Morgan fingerprint density at radius 2 is 1.66 bits per heavy atom. The third-order valence-electron chi connectivity index (χ3n) is 6.40. The Balaban J connectivity index is 1.29. The SMILES string of the molecule is COc1ccccc1NC(=O)CN1C(=O)N/C(=C/c2cc(I)c(OCc3ccc4ccccc4c3)c(OC)c2)C1=O. The fourth-order valence-corrected chi connectivity index (χ4v) is 5.19. The zero-order valence-electron chi connectivity index (χ0n) is 22.3. The van der Waals surface area contributed by atoms with E-state index in [1.54, 1.807) is 30.3 Å². The van der Waals surface area contributed by atoms with Gasteiger partial charge in [-0.05, 0) is 80.9 Å². The summed E-state index contributed by atoms with van der Waals surface area (Å²) >= 11 is 2.14. The van der Waals surface area contributed by atoms with Gasteiger partial charge in [0, 0.05) is 0 Å². The van der Waals surface area contributed by atoms with Gasteiger partial charge in [0.15, 0.2) is 11.5 Å². The van der Waals surface area contributed by atoms with E-state index in [1.165, 1.54) is 20.3 Å². The van der Waals surface area contributed by atoms with Gasteiger partial charge in [-0.3, -0.25) is 9.59 Å². The predicted molar refractivity (Wildman–Crippen MR) is 164 cm³/mol. The number of hydrogen-bond acceptors (Lipinski definition) is 6. The molecule has 0 aromatic heterocycles. The molecule has 9 nitrogen and oxygen atoms in total. The topological polar surface area (TPSA) is 106 Å². The quantitative estimate of drug-likeness (QED) is 0.138. The number of imide groups is 1. The van der Waals surface area contributed by atoms with Gasteiger partial charge < -0.3 is 24.8 Å². The standard InChI is InChI=1S/C31H26IN3O6/c1-39-26-10-6-5-9-24(26)33-28(36)17-35-30(37)25(34-31(35)38)15-20-14-23(32)29(27(16-20)40-2)41-18-19-11-12-21-7-3-4-8-22(21)13-19/h3-16H,17-18H2,1-2H3,(H,33,36)(H,34,38)/b25-15+. The number of amides is 4. The highest BCUT2D eigenvalue weighted by atomic mass is 127. The van der Waals surface area contributed by atoms with Gasteiger partial charge in [0.25, 0.3) is 5.91 Å². The van der Waals surface area contributed by atoms with Crippen LogP contribution in [-0.2, 0) is 16.2 Å². The molecular weight excluding hydrogens is 637 g/mol. The molecule has 4 aromatic rings. The van der Waals surface area contributed by atoms with Crippen LogP contribution in [0.15, 0.2) is 84.6 Å². The Kier molecular flexibility index (Phi) is 8.39. The normalized spacial score (nSPS) is 13.8. The first-order valence-corrected chi connectivity index (χ1v) is 13.7. The zero-order chi connectivity index (χ0) is 28.9. The van der Waals surface area contributed by atoms with Crippen LogP contribution < -0.4 is 24.8 Å². The van der Waals surface area contributed by atoms with Gasteiger partial charge in [0.1, 0.15) is 24.6 Å². The number of rotatable bonds is 9. The zero-order valence-corrected chi connectivity index (χ0v) is 24.4. The number of fused-ring (bicyclic) bond motifs is 1. The second-order valence-corrected chi connectivity index (χ2v) is 10.3. The van der Waals surface area contributed by atoms with Crippen molar-refractivity contribution < 1.29 is 28.6 Å². The van der Waals surface area contributed by atoms with Crippen molar-refractivity contribution in [3.63, 3.8) is 0 Å². The van der Waals surface area contributed by atoms with Gasteiger partial charge >= 0.3 is 6.03 Å². The highest BCUT2D eigenvalue weighted by molar-refractivity contribution is 14.1. The summed E-state index contributed by atoms with van der Waals surface area (Å²) in [6, 6.07) is 24.0. The van der Waals surface area contributed by atoms with E-state index in [1.807, 2.05) is 24.3 Å². The Morgan fingerprint density at radius 1 is 0.927 bits per heavy atom. The van der Waals surface area contributed by atoms with Gasteiger partial charge in [0.05, 0.1) is 23.5 Å². The summed E-state index contributed by atoms with van der Waals surface area (Å²) in [7, 11) is 3.02. The van der Waals surface area contributed by atoms with Crippen molar-refractivity contribution in [3.05, 3.63) is 99.3 Å². The molecule has 4 aromatic carbocycles. The third kappa shape index (κ3) is 6.27. The van der Waals surface area contributed by atoms with E-state index >= 15 is 0 Å². The van der Waals surface area contributed by atoms with Crippen LogP contribution in [0.25, 0.3) is 16.8 Å². The maximum atomic E-state index is 13.0. The Bertz CT molecular complexity index is 1690. The molecule has 1 aliphatic heterocycles. The molecule has 5 rings (SSSR count). The summed E-state index contributed by atoms with van der Waals surface area (Å²) in [5, 5.41) is 7.50. The molecule has 2 N–H and O–H groups in total. The van der Waals surface area contributed by atoms with Crippen LogP contribution in [0.2, 0.25) is 0 Å². The molecule has 0 bridgehead atoms. The van der Waals surface area contributed by atoms with E-state index in [0.717, 1.165) is 24.8 Å². The fraction of sp³-hybridized carbons (Fsp3) is 0.129. The van der Waals surface area contributed by atoms with Crippen molar-refractivity contribution in [1.29, 1.82) is 0 Å². The minimum atomic E-state index is -0.687. The summed E-state index contributed by atoms with van der Waals surface area (Å²) in [5.41, 5.74) is 2.12. The lowest BCUT2D eigenvalue weighted by Gasteiger charge is -2.14. The molecule has 0 spiro atoms. The molecule has 0 atom stereocenters. The number of anilines is 1. The average molecular weight is 663 g/mol.